The van der Waals surface area contributed by atoms with Gasteiger partial charge < -0.3 is 32.1 Å². The maximum atomic E-state index is 12.7. The number of carbonyl (C=O) groups excluding carboxylic acids is 3. The molecule has 0 aromatic heterocycles. The molecule has 38 heavy (non-hydrogen) atoms. The minimum Gasteiger partial charge on any atom is -0.480 e. The Labute approximate surface area is 229 Å². The highest BCUT2D eigenvalue weighted by Gasteiger charge is 2.41. The average Bonchev–Trinajstić information content (AvgIpc) is 3.32. The first-order chi connectivity index (χ1) is 18.1. The molecule has 202 valence electrons. The van der Waals surface area contributed by atoms with Crippen LogP contribution < -0.4 is 27.0 Å². The first-order valence-electron chi connectivity index (χ1n) is 12.3. The van der Waals surface area contributed by atoms with Crippen LogP contribution >= 0.6 is 23.2 Å². The highest BCUT2D eigenvalue weighted by Crippen LogP contribution is 2.49. The Morgan fingerprint density at radius 3 is 2.39 bits per heavy atom. The van der Waals surface area contributed by atoms with Crippen molar-refractivity contribution in [3.8, 4) is 0 Å². The zero-order chi connectivity index (χ0) is 27.4. The van der Waals surface area contributed by atoms with Crippen molar-refractivity contribution in [2.45, 2.75) is 49.7 Å². The summed E-state index contributed by atoms with van der Waals surface area (Å²) >= 11 is 12.0. The van der Waals surface area contributed by atoms with Gasteiger partial charge in [0.15, 0.2) is 0 Å². The summed E-state index contributed by atoms with van der Waals surface area (Å²) in [6.45, 7) is -0.802. The maximum absolute atomic E-state index is 12.7. The van der Waals surface area contributed by atoms with Gasteiger partial charge in [-0.05, 0) is 49.1 Å². The zero-order valence-electron chi connectivity index (χ0n) is 20.5. The van der Waals surface area contributed by atoms with Crippen molar-refractivity contribution in [2.75, 3.05) is 18.4 Å². The van der Waals surface area contributed by atoms with Gasteiger partial charge >= 0.3 is 5.97 Å². The van der Waals surface area contributed by atoms with Crippen LogP contribution in [-0.2, 0) is 15.0 Å². The summed E-state index contributed by atoms with van der Waals surface area (Å²) in [5, 5.41) is 20.1. The summed E-state index contributed by atoms with van der Waals surface area (Å²) in [6, 6.07) is 8.43. The van der Waals surface area contributed by atoms with Crippen molar-refractivity contribution in [3.05, 3.63) is 63.1 Å². The van der Waals surface area contributed by atoms with E-state index >= 15 is 0 Å². The number of fused-ring (bicyclic) bond motifs is 2. The molecule has 2 aliphatic rings. The van der Waals surface area contributed by atoms with Crippen LogP contribution in [0.5, 0.6) is 0 Å². The molecule has 12 heteroatoms. The Kier molecular flexibility index (Phi) is 8.44. The Balaban J connectivity index is 1.32. The van der Waals surface area contributed by atoms with E-state index in [1.807, 2.05) is 6.07 Å². The van der Waals surface area contributed by atoms with Crippen molar-refractivity contribution < 1.29 is 24.3 Å². The number of benzene rings is 2. The number of nitrogens with two attached hydrogens (primary N) is 1. The predicted molar refractivity (Wildman–Crippen MR) is 143 cm³/mol. The van der Waals surface area contributed by atoms with E-state index < -0.39 is 36.3 Å². The Morgan fingerprint density at radius 1 is 1.05 bits per heavy atom. The van der Waals surface area contributed by atoms with E-state index in [9.17, 15) is 24.3 Å². The molecule has 2 aromatic carbocycles. The van der Waals surface area contributed by atoms with Gasteiger partial charge in [-0.25, -0.2) is 4.79 Å². The molecule has 3 amide bonds. The molecule has 0 radical (unpaired) electrons. The number of aliphatic carboxylic acids is 1. The van der Waals surface area contributed by atoms with Gasteiger partial charge in [-0.2, -0.15) is 0 Å². The van der Waals surface area contributed by atoms with Gasteiger partial charge in [-0.3, -0.25) is 14.4 Å². The summed E-state index contributed by atoms with van der Waals surface area (Å²) in [5.41, 5.74) is 8.59. The van der Waals surface area contributed by atoms with E-state index in [1.165, 1.54) is 17.7 Å². The number of rotatable bonds is 8. The summed E-state index contributed by atoms with van der Waals surface area (Å²) in [6.07, 6.45) is 5.12. The number of carboxylic acids is 1. The van der Waals surface area contributed by atoms with Crippen LogP contribution in [0.4, 0.5) is 5.69 Å². The van der Waals surface area contributed by atoms with Gasteiger partial charge in [0.25, 0.3) is 11.8 Å². The third-order valence-electron chi connectivity index (χ3n) is 7.07. The van der Waals surface area contributed by atoms with E-state index in [-0.39, 0.29) is 33.7 Å². The topological polar surface area (TPSA) is 163 Å². The lowest BCUT2D eigenvalue weighted by Gasteiger charge is -2.40. The summed E-state index contributed by atoms with van der Waals surface area (Å²) in [5.74, 6) is -3.25. The van der Waals surface area contributed by atoms with Crippen LogP contribution in [0, 0.1) is 0 Å². The lowest BCUT2D eigenvalue weighted by atomic mass is 9.72. The van der Waals surface area contributed by atoms with Crippen molar-refractivity contribution in [3.63, 3.8) is 0 Å². The van der Waals surface area contributed by atoms with Gasteiger partial charge in [-0.15, -0.1) is 0 Å². The minimum atomic E-state index is -1.45. The number of anilines is 1. The van der Waals surface area contributed by atoms with E-state index in [4.69, 9.17) is 28.9 Å². The SMILES string of the molecule is NC1CC2(CCCC2)c2ccc(C(=O)NCC(=O)NC[C@H](NC(=O)c3c(Cl)cccc3Cl)C(=O)O)cc2N1. The third kappa shape index (κ3) is 6.03. The number of halogens is 2. The van der Waals surface area contributed by atoms with Gasteiger partial charge in [-0.1, -0.05) is 48.2 Å². The Morgan fingerprint density at radius 2 is 1.74 bits per heavy atom. The van der Waals surface area contributed by atoms with Gasteiger partial charge in [0.05, 0.1) is 28.3 Å². The number of nitrogens with one attached hydrogen (secondary N) is 4. The Bertz CT molecular complexity index is 1240. The zero-order valence-corrected chi connectivity index (χ0v) is 22.0. The number of hydrogen-bond acceptors (Lipinski definition) is 6. The quantitative estimate of drug-likeness (QED) is 0.288. The highest BCUT2D eigenvalue weighted by atomic mass is 35.5. The molecule has 1 spiro atoms. The summed E-state index contributed by atoms with van der Waals surface area (Å²) in [4.78, 5) is 49.1. The first kappa shape index (κ1) is 27.7. The van der Waals surface area contributed by atoms with Crippen LogP contribution in [0.3, 0.4) is 0 Å². The molecule has 7 N–H and O–H groups in total. The molecule has 1 saturated carbocycles. The second-order valence-corrected chi connectivity index (χ2v) is 10.5. The molecule has 4 rings (SSSR count). The van der Waals surface area contributed by atoms with Gasteiger partial charge in [0.1, 0.15) is 6.04 Å². The van der Waals surface area contributed by atoms with E-state index in [0.29, 0.717) is 5.56 Å². The lowest BCUT2D eigenvalue weighted by molar-refractivity contribution is -0.139. The predicted octanol–water partition coefficient (Wildman–Crippen LogP) is 2.63. The monoisotopic (exact) mass is 561 g/mol. The van der Waals surface area contributed by atoms with Crippen molar-refractivity contribution in [1.29, 1.82) is 0 Å². The number of amides is 3. The molecule has 10 nitrogen and oxygen atoms in total. The number of hydrogen-bond donors (Lipinski definition) is 6. The largest absolute Gasteiger partial charge is 0.480 e. The van der Waals surface area contributed by atoms with Gasteiger partial charge in [0, 0.05) is 23.2 Å². The molecule has 1 heterocycles. The minimum absolute atomic E-state index is 0.0438. The molecule has 1 aliphatic carbocycles. The molecular weight excluding hydrogens is 533 g/mol. The maximum Gasteiger partial charge on any atom is 0.328 e. The van der Waals surface area contributed by atoms with Crippen LogP contribution in [-0.4, -0.2) is 54.1 Å². The molecule has 2 atom stereocenters. The second-order valence-electron chi connectivity index (χ2n) is 9.65. The standard InChI is InChI=1S/C26H29Cl2N5O5/c27-16-4-3-5-17(28)22(16)24(36)33-19(25(37)38)12-30-21(34)13-31-23(35)14-6-7-15-18(10-14)32-20(29)11-26(15)8-1-2-9-26/h3-7,10,19-20,32H,1-2,8-9,11-13,29H2,(H,30,34)(H,31,35)(H,33,36)(H,37,38)/t19-,20?/m0/s1. The smallest absolute Gasteiger partial charge is 0.328 e. The Hall–Kier alpha value is -3.34. The van der Waals surface area contributed by atoms with Crippen molar-refractivity contribution >= 4 is 52.6 Å². The molecule has 1 aliphatic heterocycles. The molecule has 0 bridgehead atoms. The normalized spacial score (nSPS) is 18.1. The highest BCUT2D eigenvalue weighted by molar-refractivity contribution is 6.39. The van der Waals surface area contributed by atoms with E-state index in [2.05, 4.69) is 21.3 Å². The fourth-order valence-electron chi connectivity index (χ4n) is 5.26. The number of carboxylic acid groups (broad SMARTS) is 1. The molecule has 2 aromatic rings. The first-order valence-corrected chi connectivity index (χ1v) is 13.0. The molecule has 1 unspecified atom stereocenters. The molecule has 0 saturated heterocycles. The van der Waals surface area contributed by atoms with E-state index in [1.54, 1.807) is 18.2 Å². The second kappa shape index (κ2) is 11.6. The van der Waals surface area contributed by atoms with Crippen molar-refractivity contribution in [2.24, 2.45) is 5.73 Å². The third-order valence-corrected chi connectivity index (χ3v) is 7.70. The van der Waals surface area contributed by atoms with Crippen LogP contribution in [0.1, 0.15) is 58.4 Å². The average molecular weight is 562 g/mol. The van der Waals surface area contributed by atoms with Crippen LogP contribution in [0.2, 0.25) is 10.0 Å². The lowest BCUT2D eigenvalue weighted by Crippen LogP contribution is -2.50. The van der Waals surface area contributed by atoms with Gasteiger partial charge in [0.2, 0.25) is 5.91 Å². The number of carbonyl (C=O) groups is 4. The van der Waals surface area contributed by atoms with Crippen LogP contribution in [0.25, 0.3) is 0 Å². The fraction of sp³-hybridized carbons (Fsp3) is 0.385. The summed E-state index contributed by atoms with van der Waals surface area (Å²) < 4.78 is 0. The van der Waals surface area contributed by atoms with Crippen molar-refractivity contribution in [1.82, 2.24) is 16.0 Å². The molecular formula is C26H29Cl2N5O5. The van der Waals surface area contributed by atoms with Crippen LogP contribution in [0.15, 0.2) is 36.4 Å². The fourth-order valence-corrected chi connectivity index (χ4v) is 5.83. The van der Waals surface area contributed by atoms with E-state index in [0.717, 1.165) is 37.8 Å². The summed E-state index contributed by atoms with van der Waals surface area (Å²) in [7, 11) is 0. The molecule has 1 fully saturated rings.